The molecule has 0 radical (unpaired) electrons. The van der Waals surface area contributed by atoms with E-state index >= 15 is 0 Å². The fourth-order valence-corrected chi connectivity index (χ4v) is 6.01. The van der Waals surface area contributed by atoms with E-state index in [9.17, 15) is 9.18 Å². The van der Waals surface area contributed by atoms with Crippen LogP contribution in [0.25, 0.3) is 0 Å². The van der Waals surface area contributed by atoms with Crippen LogP contribution >= 0.6 is 11.6 Å². The Morgan fingerprint density at radius 2 is 2.09 bits per heavy atom. The van der Waals surface area contributed by atoms with Gasteiger partial charge in [0, 0.05) is 18.7 Å². The van der Waals surface area contributed by atoms with Gasteiger partial charge < -0.3 is 20.5 Å². The summed E-state index contributed by atoms with van der Waals surface area (Å²) < 4.78 is 27.1. The normalized spacial score (nSPS) is 31.4. The molecule has 2 aliphatic carbocycles. The summed E-state index contributed by atoms with van der Waals surface area (Å²) in [5.74, 6) is 0.622. The fourth-order valence-electron chi connectivity index (χ4n) is 5.83. The molecule has 3 N–H and O–H groups in total. The third-order valence-electron chi connectivity index (χ3n) is 7.27. The van der Waals surface area contributed by atoms with Crippen molar-refractivity contribution in [3.8, 4) is 0 Å². The molecule has 2 saturated carbocycles. The minimum atomic E-state index is -0.539. The van der Waals surface area contributed by atoms with Gasteiger partial charge in [0.05, 0.1) is 22.9 Å². The van der Waals surface area contributed by atoms with Gasteiger partial charge in [0.15, 0.2) is 6.29 Å². The van der Waals surface area contributed by atoms with E-state index < -0.39 is 5.82 Å². The molecule has 172 valence electrons. The number of anilines is 2. The SMILES string of the molecule is CCC1OCC2(CC3CC(c4nn(C)c(N)c4C(=O)Nc4ccc(F)c(Cl)c4)C[C@H]3C2)O1. The van der Waals surface area contributed by atoms with Crippen molar-refractivity contribution in [2.75, 3.05) is 17.7 Å². The lowest BCUT2D eigenvalue weighted by atomic mass is 9.92. The molecule has 4 unspecified atom stereocenters. The van der Waals surface area contributed by atoms with Crippen LogP contribution in [0.1, 0.15) is 61.0 Å². The third-order valence-corrected chi connectivity index (χ3v) is 7.56. The van der Waals surface area contributed by atoms with E-state index in [2.05, 4.69) is 17.3 Å². The van der Waals surface area contributed by atoms with E-state index in [1.807, 2.05) is 0 Å². The first-order valence-corrected chi connectivity index (χ1v) is 11.5. The minimum Gasteiger partial charge on any atom is -0.383 e. The summed E-state index contributed by atoms with van der Waals surface area (Å²) in [5.41, 5.74) is 7.62. The zero-order chi connectivity index (χ0) is 22.6. The zero-order valence-electron chi connectivity index (χ0n) is 18.2. The second-order valence-electron chi connectivity index (χ2n) is 9.40. The highest BCUT2D eigenvalue weighted by Gasteiger charge is 2.54. The molecule has 5 rings (SSSR count). The largest absolute Gasteiger partial charge is 0.383 e. The Kier molecular flexibility index (Phi) is 5.42. The van der Waals surface area contributed by atoms with Crippen LogP contribution in [-0.4, -0.2) is 34.2 Å². The van der Waals surface area contributed by atoms with E-state index in [4.69, 9.17) is 26.8 Å². The molecule has 2 heterocycles. The van der Waals surface area contributed by atoms with Crippen molar-refractivity contribution >= 4 is 29.0 Å². The highest BCUT2D eigenvalue weighted by atomic mass is 35.5. The van der Waals surface area contributed by atoms with Crippen LogP contribution in [0.15, 0.2) is 18.2 Å². The predicted molar refractivity (Wildman–Crippen MR) is 119 cm³/mol. The first kappa shape index (κ1) is 21.7. The molecule has 1 amide bonds. The van der Waals surface area contributed by atoms with Gasteiger partial charge in [-0.25, -0.2) is 4.39 Å². The van der Waals surface area contributed by atoms with Gasteiger partial charge in [0.1, 0.15) is 17.2 Å². The summed E-state index contributed by atoms with van der Waals surface area (Å²) in [6.07, 6.45) is 4.66. The standard InChI is InChI=1S/C23H28ClFN4O3/c1-3-18-31-11-23(32-18)9-13-6-12(7-14(13)10-23)20-19(21(26)29(2)28-20)22(30)27-15-4-5-17(25)16(24)8-15/h4-5,8,12-14,18H,3,6-7,9-11,26H2,1-2H3,(H,27,30)/t12?,13-,14?,18?,23?/m0/s1. The second kappa shape index (κ2) is 8.01. The van der Waals surface area contributed by atoms with Crippen LogP contribution in [0.3, 0.4) is 0 Å². The number of nitrogens with two attached hydrogens (primary N) is 1. The van der Waals surface area contributed by atoms with Crippen molar-refractivity contribution in [1.82, 2.24) is 9.78 Å². The van der Waals surface area contributed by atoms with Gasteiger partial charge in [-0.05, 0) is 62.1 Å². The number of amides is 1. The summed E-state index contributed by atoms with van der Waals surface area (Å²) >= 11 is 5.85. The number of carbonyl (C=O) groups is 1. The average Bonchev–Trinajstić information content (AvgIpc) is 3.48. The Bertz CT molecular complexity index is 1040. The molecule has 1 spiro atoms. The Balaban J connectivity index is 1.33. The van der Waals surface area contributed by atoms with Gasteiger partial charge in [0.25, 0.3) is 5.91 Å². The molecule has 3 fully saturated rings. The number of fused-ring (bicyclic) bond motifs is 1. The van der Waals surface area contributed by atoms with Gasteiger partial charge in [0.2, 0.25) is 0 Å². The maximum Gasteiger partial charge on any atom is 0.261 e. The van der Waals surface area contributed by atoms with Gasteiger partial charge in [-0.2, -0.15) is 5.10 Å². The van der Waals surface area contributed by atoms with E-state index in [0.717, 1.165) is 37.8 Å². The number of hydrogen-bond donors (Lipinski definition) is 2. The maximum atomic E-state index is 13.5. The quantitative estimate of drug-likeness (QED) is 0.699. The lowest BCUT2D eigenvalue weighted by molar-refractivity contribution is -0.0903. The van der Waals surface area contributed by atoms with Gasteiger partial charge in [-0.3, -0.25) is 9.48 Å². The molecule has 5 atom stereocenters. The van der Waals surface area contributed by atoms with Crippen molar-refractivity contribution in [2.45, 2.75) is 56.8 Å². The van der Waals surface area contributed by atoms with E-state index in [1.54, 1.807) is 11.7 Å². The van der Waals surface area contributed by atoms with Crippen molar-refractivity contribution in [2.24, 2.45) is 18.9 Å². The topological polar surface area (TPSA) is 91.4 Å². The van der Waals surface area contributed by atoms with Crippen LogP contribution in [-0.2, 0) is 16.5 Å². The third kappa shape index (κ3) is 3.68. The highest BCUT2D eigenvalue weighted by Crippen LogP contribution is 2.56. The molecule has 7 nitrogen and oxygen atoms in total. The molecular formula is C23H28ClFN4O3. The van der Waals surface area contributed by atoms with Crippen LogP contribution in [0.2, 0.25) is 5.02 Å². The molecule has 3 aliphatic rings. The Labute approximate surface area is 191 Å². The summed E-state index contributed by atoms with van der Waals surface area (Å²) in [6, 6.07) is 4.07. The first-order chi connectivity index (χ1) is 15.3. The molecule has 9 heteroatoms. The molecule has 0 bridgehead atoms. The number of ether oxygens (including phenoxy) is 2. The molecule has 1 aromatic heterocycles. The van der Waals surface area contributed by atoms with E-state index in [-0.39, 0.29) is 28.7 Å². The van der Waals surface area contributed by atoms with Crippen LogP contribution < -0.4 is 11.1 Å². The van der Waals surface area contributed by atoms with Crippen LogP contribution in [0.4, 0.5) is 15.9 Å². The summed E-state index contributed by atoms with van der Waals surface area (Å²) in [4.78, 5) is 13.1. The number of aromatic nitrogens is 2. The number of nitrogen functional groups attached to an aromatic ring is 1. The number of halogens is 2. The van der Waals surface area contributed by atoms with Crippen LogP contribution in [0.5, 0.6) is 0 Å². The van der Waals surface area contributed by atoms with Crippen molar-refractivity contribution in [1.29, 1.82) is 0 Å². The van der Waals surface area contributed by atoms with Crippen molar-refractivity contribution in [3.05, 3.63) is 40.3 Å². The number of nitrogens with zero attached hydrogens (tertiary/aromatic N) is 2. The summed E-state index contributed by atoms with van der Waals surface area (Å²) in [5, 5.41) is 7.35. The fraction of sp³-hybridized carbons (Fsp3) is 0.565. The summed E-state index contributed by atoms with van der Waals surface area (Å²) in [7, 11) is 1.74. The summed E-state index contributed by atoms with van der Waals surface area (Å²) in [6.45, 7) is 2.75. The lowest BCUT2D eigenvalue weighted by Gasteiger charge is -2.23. The number of hydrogen-bond acceptors (Lipinski definition) is 5. The number of rotatable bonds is 4. The van der Waals surface area contributed by atoms with E-state index in [0.29, 0.717) is 35.5 Å². The lowest BCUT2D eigenvalue weighted by Crippen LogP contribution is -2.29. The molecule has 1 saturated heterocycles. The van der Waals surface area contributed by atoms with Gasteiger partial charge >= 0.3 is 0 Å². The second-order valence-corrected chi connectivity index (χ2v) is 9.81. The smallest absolute Gasteiger partial charge is 0.261 e. The molecular weight excluding hydrogens is 435 g/mol. The highest BCUT2D eigenvalue weighted by molar-refractivity contribution is 6.31. The molecule has 2 aromatic rings. The number of aryl methyl sites for hydroxylation is 1. The number of nitrogens with one attached hydrogen (secondary N) is 1. The van der Waals surface area contributed by atoms with Crippen LogP contribution in [0, 0.1) is 17.7 Å². The van der Waals surface area contributed by atoms with Crippen molar-refractivity contribution < 1.29 is 18.7 Å². The maximum absolute atomic E-state index is 13.5. The Hall–Kier alpha value is -2.16. The number of benzene rings is 1. The zero-order valence-corrected chi connectivity index (χ0v) is 19.0. The molecule has 32 heavy (non-hydrogen) atoms. The Morgan fingerprint density at radius 1 is 1.38 bits per heavy atom. The minimum absolute atomic E-state index is 0.0526. The Morgan fingerprint density at radius 3 is 2.72 bits per heavy atom. The molecule has 1 aliphatic heterocycles. The first-order valence-electron chi connectivity index (χ1n) is 11.2. The van der Waals surface area contributed by atoms with Gasteiger partial charge in [-0.1, -0.05) is 18.5 Å². The monoisotopic (exact) mass is 462 g/mol. The van der Waals surface area contributed by atoms with Gasteiger partial charge in [-0.15, -0.1) is 0 Å². The average molecular weight is 463 g/mol. The molecule has 1 aromatic carbocycles. The van der Waals surface area contributed by atoms with E-state index in [1.165, 1.54) is 18.2 Å². The predicted octanol–water partition coefficient (Wildman–Crippen LogP) is 4.47. The number of carbonyl (C=O) groups excluding carboxylic acids is 1. The van der Waals surface area contributed by atoms with Crippen molar-refractivity contribution in [3.63, 3.8) is 0 Å².